The minimum atomic E-state index is 0.143. The van der Waals surface area contributed by atoms with Crippen LogP contribution in [0.25, 0.3) is 11.1 Å². The van der Waals surface area contributed by atoms with E-state index in [0.717, 1.165) is 36.4 Å². The monoisotopic (exact) mass is 373 g/mol. The second-order valence-corrected chi connectivity index (χ2v) is 8.10. The summed E-state index contributed by atoms with van der Waals surface area (Å²) < 4.78 is 0. The predicted molar refractivity (Wildman–Crippen MR) is 114 cm³/mol. The second kappa shape index (κ2) is 8.45. The average molecular weight is 374 g/mol. The normalized spacial score (nSPS) is 17.3. The van der Waals surface area contributed by atoms with Crippen LogP contribution in [-0.4, -0.2) is 29.6 Å². The van der Waals surface area contributed by atoms with Crippen molar-refractivity contribution < 1.29 is 4.79 Å². The molecule has 3 aromatic carbocycles. The van der Waals surface area contributed by atoms with Crippen LogP contribution < -0.4 is 0 Å². The Bertz CT molecular complexity index is 877. The molecular formula is C24H23NOS. The highest BCUT2D eigenvalue weighted by Crippen LogP contribution is 2.34. The van der Waals surface area contributed by atoms with Gasteiger partial charge in [0.05, 0.1) is 0 Å². The molecule has 0 radical (unpaired) electrons. The maximum Gasteiger partial charge on any atom is 0.253 e. The number of nitrogens with zero attached hydrogens (tertiary/aromatic N) is 1. The number of hydrogen-bond acceptors (Lipinski definition) is 2. The van der Waals surface area contributed by atoms with E-state index in [4.69, 9.17) is 0 Å². The lowest BCUT2D eigenvalue weighted by Crippen LogP contribution is -2.32. The lowest BCUT2D eigenvalue weighted by atomic mass is 10.0. The second-order valence-electron chi connectivity index (χ2n) is 6.79. The standard InChI is InChI=1S/C24H23NOS/c26-24(22-13-11-20(12-14-22)19-7-3-1-4-8-19)25-16-15-23(27-18-17-25)21-9-5-2-6-10-21/h1-14,23H,15-18H2. The summed E-state index contributed by atoms with van der Waals surface area (Å²) in [5.74, 6) is 1.12. The molecule has 0 spiro atoms. The first-order valence-electron chi connectivity index (χ1n) is 9.42. The van der Waals surface area contributed by atoms with Crippen molar-refractivity contribution in [1.82, 2.24) is 4.90 Å². The molecule has 1 aliphatic heterocycles. The van der Waals surface area contributed by atoms with Gasteiger partial charge in [0.1, 0.15) is 0 Å². The van der Waals surface area contributed by atoms with E-state index in [1.165, 1.54) is 11.1 Å². The molecule has 2 nitrogen and oxygen atoms in total. The SMILES string of the molecule is O=C(c1ccc(-c2ccccc2)cc1)N1CCSC(c2ccccc2)CC1. The number of rotatable bonds is 3. The summed E-state index contributed by atoms with van der Waals surface area (Å²) in [6.45, 7) is 1.62. The van der Waals surface area contributed by atoms with Gasteiger partial charge < -0.3 is 4.90 Å². The molecule has 1 fully saturated rings. The first-order valence-corrected chi connectivity index (χ1v) is 10.5. The Labute approximate surface area is 165 Å². The van der Waals surface area contributed by atoms with E-state index in [2.05, 4.69) is 42.5 Å². The summed E-state index contributed by atoms with van der Waals surface area (Å²) in [5.41, 5.74) is 4.46. The van der Waals surface area contributed by atoms with Gasteiger partial charge in [0.2, 0.25) is 0 Å². The summed E-state index contributed by atoms with van der Waals surface area (Å²) in [6.07, 6.45) is 1.00. The molecule has 1 aliphatic rings. The van der Waals surface area contributed by atoms with Crippen molar-refractivity contribution in [3.05, 3.63) is 96.1 Å². The molecule has 3 heteroatoms. The third-order valence-corrected chi connectivity index (χ3v) is 6.37. The van der Waals surface area contributed by atoms with Crippen LogP contribution in [0.5, 0.6) is 0 Å². The number of hydrogen-bond donors (Lipinski definition) is 0. The molecule has 4 rings (SSSR count). The molecule has 136 valence electrons. The minimum Gasteiger partial charge on any atom is -0.338 e. The molecule has 27 heavy (non-hydrogen) atoms. The van der Waals surface area contributed by atoms with Crippen LogP contribution in [0.4, 0.5) is 0 Å². The Morgan fingerprint density at radius 2 is 1.41 bits per heavy atom. The molecule has 1 amide bonds. The minimum absolute atomic E-state index is 0.143. The highest BCUT2D eigenvalue weighted by molar-refractivity contribution is 7.99. The van der Waals surface area contributed by atoms with Gasteiger partial charge in [-0.1, -0.05) is 72.8 Å². The maximum absolute atomic E-state index is 13.0. The number of carbonyl (C=O) groups is 1. The van der Waals surface area contributed by atoms with Gasteiger partial charge in [0, 0.05) is 29.7 Å². The largest absolute Gasteiger partial charge is 0.338 e. The van der Waals surface area contributed by atoms with Crippen LogP contribution in [0.1, 0.15) is 27.6 Å². The van der Waals surface area contributed by atoms with Crippen LogP contribution in [0.2, 0.25) is 0 Å². The van der Waals surface area contributed by atoms with Gasteiger partial charge in [0.25, 0.3) is 5.91 Å². The van der Waals surface area contributed by atoms with Gasteiger partial charge in [-0.05, 0) is 35.2 Å². The van der Waals surface area contributed by atoms with E-state index in [1.54, 1.807) is 0 Å². The van der Waals surface area contributed by atoms with E-state index in [1.807, 2.05) is 59.1 Å². The quantitative estimate of drug-likeness (QED) is 0.589. The third kappa shape index (κ3) is 4.25. The Hall–Kier alpha value is -2.52. The van der Waals surface area contributed by atoms with Gasteiger partial charge in [-0.2, -0.15) is 11.8 Å². The zero-order chi connectivity index (χ0) is 18.5. The first-order chi connectivity index (χ1) is 13.3. The van der Waals surface area contributed by atoms with Gasteiger partial charge in [-0.25, -0.2) is 0 Å². The van der Waals surface area contributed by atoms with Gasteiger partial charge >= 0.3 is 0 Å². The van der Waals surface area contributed by atoms with Crippen LogP contribution in [0.15, 0.2) is 84.9 Å². The molecule has 0 saturated carbocycles. The summed E-state index contributed by atoms with van der Waals surface area (Å²) in [6, 6.07) is 28.9. The molecular weight excluding hydrogens is 350 g/mol. The van der Waals surface area contributed by atoms with Crippen molar-refractivity contribution in [3.63, 3.8) is 0 Å². The zero-order valence-electron chi connectivity index (χ0n) is 15.3. The molecule has 1 heterocycles. The Morgan fingerprint density at radius 3 is 2.11 bits per heavy atom. The zero-order valence-corrected chi connectivity index (χ0v) is 16.1. The number of amides is 1. The van der Waals surface area contributed by atoms with Crippen LogP contribution >= 0.6 is 11.8 Å². The lowest BCUT2D eigenvalue weighted by Gasteiger charge is -2.20. The fourth-order valence-electron chi connectivity index (χ4n) is 3.53. The highest BCUT2D eigenvalue weighted by Gasteiger charge is 2.22. The summed E-state index contributed by atoms with van der Waals surface area (Å²) in [5, 5.41) is 0.476. The van der Waals surface area contributed by atoms with Gasteiger partial charge in [-0.15, -0.1) is 0 Å². The lowest BCUT2D eigenvalue weighted by molar-refractivity contribution is 0.0766. The topological polar surface area (TPSA) is 20.3 Å². The average Bonchev–Trinajstić information content (AvgIpc) is 3.01. The van der Waals surface area contributed by atoms with E-state index in [9.17, 15) is 4.79 Å². The molecule has 0 aromatic heterocycles. The molecule has 0 N–H and O–H groups in total. The molecule has 0 bridgehead atoms. The summed E-state index contributed by atoms with van der Waals surface area (Å²) >= 11 is 1.96. The van der Waals surface area contributed by atoms with E-state index in [-0.39, 0.29) is 5.91 Å². The molecule has 3 aromatic rings. The first kappa shape index (κ1) is 17.9. The van der Waals surface area contributed by atoms with Crippen molar-refractivity contribution in [2.75, 3.05) is 18.8 Å². The molecule has 0 aliphatic carbocycles. The van der Waals surface area contributed by atoms with Gasteiger partial charge in [0.15, 0.2) is 0 Å². The van der Waals surface area contributed by atoms with Crippen molar-refractivity contribution in [3.8, 4) is 11.1 Å². The molecule has 1 atom stereocenters. The van der Waals surface area contributed by atoms with Crippen molar-refractivity contribution >= 4 is 17.7 Å². The number of carbonyl (C=O) groups excluding carboxylic acids is 1. The maximum atomic E-state index is 13.0. The van der Waals surface area contributed by atoms with Crippen LogP contribution in [0, 0.1) is 0 Å². The molecule has 1 unspecified atom stereocenters. The third-order valence-electron chi connectivity index (χ3n) is 5.04. The number of benzene rings is 3. The summed E-state index contributed by atoms with van der Waals surface area (Å²) in [7, 11) is 0. The van der Waals surface area contributed by atoms with E-state index < -0.39 is 0 Å². The number of thioether (sulfide) groups is 1. The van der Waals surface area contributed by atoms with E-state index in [0.29, 0.717) is 5.25 Å². The highest BCUT2D eigenvalue weighted by atomic mass is 32.2. The predicted octanol–water partition coefficient (Wildman–Crippen LogP) is 5.67. The van der Waals surface area contributed by atoms with Crippen LogP contribution in [0.3, 0.4) is 0 Å². The Kier molecular flexibility index (Phi) is 5.59. The van der Waals surface area contributed by atoms with E-state index >= 15 is 0 Å². The van der Waals surface area contributed by atoms with Crippen molar-refractivity contribution in [2.45, 2.75) is 11.7 Å². The Balaban J connectivity index is 1.43. The fourth-order valence-corrected chi connectivity index (χ4v) is 4.76. The smallest absolute Gasteiger partial charge is 0.253 e. The van der Waals surface area contributed by atoms with Crippen molar-refractivity contribution in [2.24, 2.45) is 0 Å². The Morgan fingerprint density at radius 1 is 0.778 bits per heavy atom. The fraction of sp³-hybridized carbons (Fsp3) is 0.208. The summed E-state index contributed by atoms with van der Waals surface area (Å²) in [4.78, 5) is 15.0. The van der Waals surface area contributed by atoms with Crippen molar-refractivity contribution in [1.29, 1.82) is 0 Å². The van der Waals surface area contributed by atoms with Gasteiger partial charge in [-0.3, -0.25) is 4.79 Å². The molecule has 1 saturated heterocycles. The van der Waals surface area contributed by atoms with Crippen LogP contribution in [-0.2, 0) is 0 Å².